The summed E-state index contributed by atoms with van der Waals surface area (Å²) >= 11 is 5.59. The highest BCUT2D eigenvalue weighted by Crippen LogP contribution is 2.23. The van der Waals surface area contributed by atoms with Crippen molar-refractivity contribution in [1.82, 2.24) is 0 Å². The van der Waals surface area contributed by atoms with Gasteiger partial charge in [0.2, 0.25) is 0 Å². The molecule has 0 heterocycles. The van der Waals surface area contributed by atoms with Crippen LogP contribution in [0.2, 0.25) is 5.02 Å². The third kappa shape index (κ3) is 3.26. The highest BCUT2D eigenvalue weighted by molar-refractivity contribution is 7.90. The van der Waals surface area contributed by atoms with Gasteiger partial charge in [0.15, 0.2) is 9.84 Å². The number of halogens is 3. The fourth-order valence-electron chi connectivity index (χ4n) is 1.70. The van der Waals surface area contributed by atoms with Crippen LogP contribution in [0.3, 0.4) is 0 Å². The number of anilines is 1. The molecule has 3 nitrogen and oxygen atoms in total. The van der Waals surface area contributed by atoms with Crippen LogP contribution in [0.4, 0.5) is 14.5 Å². The fraction of sp³-hybridized carbons (Fsp3) is 0.0769. The lowest BCUT2D eigenvalue weighted by Crippen LogP contribution is -2.06. The molecule has 0 bridgehead atoms. The standard InChI is InChI=1S/C13H10ClF2NO2S/c14-12-3-8(1-2-13(12)16)7-20(18,19)11-5-9(15)4-10(17)6-11/h1-6H,7,17H2. The first kappa shape index (κ1) is 14.7. The number of nitrogen functional groups attached to an aromatic ring is 1. The van der Waals surface area contributed by atoms with E-state index in [1.165, 1.54) is 18.2 Å². The van der Waals surface area contributed by atoms with Gasteiger partial charge in [-0.25, -0.2) is 17.2 Å². The first-order valence-corrected chi connectivity index (χ1v) is 7.54. The predicted molar refractivity (Wildman–Crippen MR) is 73.1 cm³/mol. The second kappa shape index (κ2) is 5.38. The third-order valence-electron chi connectivity index (χ3n) is 2.59. The average molecular weight is 318 g/mol. The molecule has 0 aliphatic carbocycles. The van der Waals surface area contributed by atoms with Gasteiger partial charge < -0.3 is 5.73 Å². The van der Waals surface area contributed by atoms with E-state index in [1.54, 1.807) is 0 Å². The van der Waals surface area contributed by atoms with Crippen molar-refractivity contribution in [3.05, 3.63) is 58.6 Å². The van der Waals surface area contributed by atoms with Crippen LogP contribution in [0.25, 0.3) is 0 Å². The molecular weight excluding hydrogens is 308 g/mol. The van der Waals surface area contributed by atoms with Gasteiger partial charge in [-0.1, -0.05) is 17.7 Å². The molecule has 0 saturated carbocycles. The third-order valence-corrected chi connectivity index (χ3v) is 4.55. The van der Waals surface area contributed by atoms with Crippen molar-refractivity contribution in [2.24, 2.45) is 0 Å². The van der Waals surface area contributed by atoms with Crippen molar-refractivity contribution in [3.63, 3.8) is 0 Å². The van der Waals surface area contributed by atoms with Crippen LogP contribution in [-0.4, -0.2) is 8.42 Å². The van der Waals surface area contributed by atoms with Gasteiger partial charge in [-0.2, -0.15) is 0 Å². The fourth-order valence-corrected chi connectivity index (χ4v) is 3.29. The molecule has 0 aliphatic heterocycles. The Morgan fingerprint density at radius 2 is 1.80 bits per heavy atom. The molecule has 2 aromatic carbocycles. The van der Waals surface area contributed by atoms with E-state index in [4.69, 9.17) is 17.3 Å². The van der Waals surface area contributed by atoms with E-state index < -0.39 is 27.2 Å². The molecule has 0 unspecified atom stereocenters. The van der Waals surface area contributed by atoms with E-state index in [0.717, 1.165) is 18.2 Å². The number of hydrogen-bond donors (Lipinski definition) is 1. The Morgan fingerprint density at radius 1 is 1.10 bits per heavy atom. The van der Waals surface area contributed by atoms with E-state index in [9.17, 15) is 17.2 Å². The number of hydrogen-bond acceptors (Lipinski definition) is 3. The van der Waals surface area contributed by atoms with E-state index in [-0.39, 0.29) is 15.6 Å². The second-order valence-corrected chi connectivity index (χ2v) is 6.62. The number of benzene rings is 2. The van der Waals surface area contributed by atoms with Crippen molar-refractivity contribution >= 4 is 27.1 Å². The van der Waals surface area contributed by atoms with E-state index in [2.05, 4.69) is 0 Å². The minimum atomic E-state index is -3.79. The van der Waals surface area contributed by atoms with Crippen molar-refractivity contribution in [2.75, 3.05) is 5.73 Å². The molecule has 0 spiro atoms. The summed E-state index contributed by atoms with van der Waals surface area (Å²) in [5, 5.41) is -0.170. The molecule has 2 rings (SSSR count). The Kier molecular flexibility index (Phi) is 3.96. The van der Waals surface area contributed by atoms with Crippen molar-refractivity contribution in [2.45, 2.75) is 10.6 Å². The van der Waals surface area contributed by atoms with Crippen molar-refractivity contribution in [3.8, 4) is 0 Å². The van der Waals surface area contributed by atoms with Crippen molar-refractivity contribution < 1.29 is 17.2 Å². The zero-order valence-corrected chi connectivity index (χ0v) is 11.7. The van der Waals surface area contributed by atoms with E-state index in [1.807, 2.05) is 0 Å². The van der Waals surface area contributed by atoms with Crippen LogP contribution in [-0.2, 0) is 15.6 Å². The molecule has 0 amide bonds. The van der Waals surface area contributed by atoms with Gasteiger partial charge in [-0.3, -0.25) is 0 Å². The summed E-state index contributed by atoms with van der Waals surface area (Å²) in [6.45, 7) is 0. The topological polar surface area (TPSA) is 60.2 Å². The molecule has 7 heteroatoms. The summed E-state index contributed by atoms with van der Waals surface area (Å²) in [4.78, 5) is -0.226. The molecule has 2 aromatic rings. The zero-order chi connectivity index (χ0) is 14.9. The molecule has 0 radical (unpaired) electrons. The molecule has 0 saturated heterocycles. The molecule has 106 valence electrons. The highest BCUT2D eigenvalue weighted by Gasteiger charge is 2.17. The monoisotopic (exact) mass is 317 g/mol. The molecule has 0 fully saturated rings. The average Bonchev–Trinajstić information content (AvgIpc) is 2.32. The Hall–Kier alpha value is -1.66. The Bertz CT molecular complexity index is 743. The van der Waals surface area contributed by atoms with Crippen LogP contribution >= 0.6 is 11.6 Å². The second-order valence-electron chi connectivity index (χ2n) is 4.23. The lowest BCUT2D eigenvalue weighted by atomic mass is 10.2. The van der Waals surface area contributed by atoms with Crippen LogP contribution in [0.1, 0.15) is 5.56 Å². The largest absolute Gasteiger partial charge is 0.399 e. The summed E-state index contributed by atoms with van der Waals surface area (Å²) in [6.07, 6.45) is 0. The Labute approximate surface area is 119 Å². The minimum absolute atomic E-state index is 0.0145. The van der Waals surface area contributed by atoms with Crippen LogP contribution in [0, 0.1) is 11.6 Å². The van der Waals surface area contributed by atoms with Crippen LogP contribution in [0.15, 0.2) is 41.3 Å². The van der Waals surface area contributed by atoms with E-state index >= 15 is 0 Å². The molecule has 20 heavy (non-hydrogen) atoms. The summed E-state index contributed by atoms with van der Waals surface area (Å²) in [5.41, 5.74) is 5.74. The van der Waals surface area contributed by atoms with Gasteiger partial charge >= 0.3 is 0 Å². The smallest absolute Gasteiger partial charge is 0.182 e. The maximum atomic E-state index is 13.2. The molecule has 2 N–H and O–H groups in total. The summed E-state index contributed by atoms with van der Waals surface area (Å²) in [6, 6.07) is 6.68. The van der Waals surface area contributed by atoms with Crippen LogP contribution < -0.4 is 5.73 Å². The van der Waals surface area contributed by atoms with Gasteiger partial charge in [0.05, 0.1) is 15.7 Å². The maximum Gasteiger partial charge on any atom is 0.182 e. The number of sulfone groups is 1. The van der Waals surface area contributed by atoms with Gasteiger partial charge in [-0.15, -0.1) is 0 Å². The molecule has 0 aliphatic rings. The first-order chi connectivity index (χ1) is 9.28. The van der Waals surface area contributed by atoms with Gasteiger partial charge in [-0.05, 0) is 35.9 Å². The van der Waals surface area contributed by atoms with Gasteiger partial charge in [0, 0.05) is 5.69 Å². The summed E-state index contributed by atoms with van der Waals surface area (Å²) in [7, 11) is -3.79. The van der Waals surface area contributed by atoms with Gasteiger partial charge in [0.25, 0.3) is 0 Å². The predicted octanol–water partition coefficient (Wildman–Crippen LogP) is 3.17. The summed E-state index contributed by atoms with van der Waals surface area (Å²) < 4.78 is 50.5. The van der Waals surface area contributed by atoms with Crippen LogP contribution in [0.5, 0.6) is 0 Å². The van der Waals surface area contributed by atoms with Gasteiger partial charge in [0.1, 0.15) is 11.6 Å². The molecular formula is C13H10ClF2NO2S. The Morgan fingerprint density at radius 3 is 2.40 bits per heavy atom. The lowest BCUT2D eigenvalue weighted by molar-refractivity contribution is 0.590. The SMILES string of the molecule is Nc1cc(F)cc(S(=O)(=O)Cc2ccc(F)c(Cl)c2)c1. The normalized spacial score (nSPS) is 11.6. The maximum absolute atomic E-state index is 13.2. The molecule has 0 atom stereocenters. The van der Waals surface area contributed by atoms with Crippen molar-refractivity contribution in [1.29, 1.82) is 0 Å². The number of nitrogens with two attached hydrogens (primary N) is 1. The highest BCUT2D eigenvalue weighted by atomic mass is 35.5. The zero-order valence-electron chi connectivity index (χ0n) is 10.1. The first-order valence-electron chi connectivity index (χ1n) is 5.51. The lowest BCUT2D eigenvalue weighted by Gasteiger charge is -2.07. The Balaban J connectivity index is 2.37. The number of rotatable bonds is 3. The van der Waals surface area contributed by atoms with E-state index in [0.29, 0.717) is 5.56 Å². The quantitative estimate of drug-likeness (QED) is 0.884. The molecule has 0 aromatic heterocycles. The minimum Gasteiger partial charge on any atom is -0.399 e. The summed E-state index contributed by atoms with van der Waals surface area (Å²) in [5.74, 6) is -1.79.